The van der Waals surface area contributed by atoms with Gasteiger partial charge in [0, 0.05) is 32.3 Å². The van der Waals surface area contributed by atoms with Gasteiger partial charge in [0.1, 0.15) is 0 Å². The monoisotopic (exact) mass is 268 g/mol. The Hall–Kier alpha value is -0.120. The second-order valence-corrected chi connectivity index (χ2v) is 6.42. The van der Waals surface area contributed by atoms with Crippen LogP contribution in [-0.2, 0) is 4.74 Å². The summed E-state index contributed by atoms with van der Waals surface area (Å²) in [5.41, 5.74) is 0. The van der Waals surface area contributed by atoms with Crippen LogP contribution in [-0.4, -0.2) is 50.3 Å². The molecule has 0 spiro atoms. The van der Waals surface area contributed by atoms with Crippen LogP contribution in [0.1, 0.15) is 46.0 Å². The molecule has 0 saturated heterocycles. The smallest absolute Gasteiger partial charge is 0.0589 e. The standard InChI is InChI=1S/C16H32N2O/c1-4-17-16-7-5-6-15(16)12-18(10-11-19-3)13(2)14-8-9-14/h13-17H,4-12H2,1-3H3. The van der Waals surface area contributed by atoms with Gasteiger partial charge in [0.2, 0.25) is 0 Å². The molecule has 3 heteroatoms. The van der Waals surface area contributed by atoms with Crippen molar-refractivity contribution in [1.29, 1.82) is 0 Å². The normalized spacial score (nSPS) is 29.1. The van der Waals surface area contributed by atoms with Crippen LogP contribution in [0.2, 0.25) is 0 Å². The first-order chi connectivity index (χ1) is 9.26. The molecule has 0 amide bonds. The van der Waals surface area contributed by atoms with Gasteiger partial charge >= 0.3 is 0 Å². The molecule has 2 fully saturated rings. The summed E-state index contributed by atoms with van der Waals surface area (Å²) in [6.45, 7) is 8.99. The van der Waals surface area contributed by atoms with Gasteiger partial charge in [-0.05, 0) is 51.0 Å². The van der Waals surface area contributed by atoms with E-state index in [0.717, 1.165) is 43.6 Å². The lowest BCUT2D eigenvalue weighted by molar-refractivity contribution is 0.0992. The molecule has 0 aromatic carbocycles. The molecule has 0 aromatic heterocycles. The van der Waals surface area contributed by atoms with Gasteiger partial charge in [-0.15, -0.1) is 0 Å². The van der Waals surface area contributed by atoms with Crippen LogP contribution in [0.4, 0.5) is 0 Å². The molecule has 2 aliphatic rings. The Balaban J connectivity index is 1.86. The lowest BCUT2D eigenvalue weighted by Crippen LogP contribution is -2.44. The minimum absolute atomic E-state index is 0.748. The fourth-order valence-corrected chi connectivity index (χ4v) is 3.63. The molecule has 0 aromatic rings. The molecule has 0 heterocycles. The van der Waals surface area contributed by atoms with Gasteiger partial charge < -0.3 is 10.1 Å². The van der Waals surface area contributed by atoms with Crippen LogP contribution in [0.5, 0.6) is 0 Å². The molecular weight excluding hydrogens is 236 g/mol. The summed E-state index contributed by atoms with van der Waals surface area (Å²) < 4.78 is 5.30. The van der Waals surface area contributed by atoms with E-state index in [-0.39, 0.29) is 0 Å². The highest BCUT2D eigenvalue weighted by atomic mass is 16.5. The van der Waals surface area contributed by atoms with Crippen LogP contribution in [0.3, 0.4) is 0 Å². The van der Waals surface area contributed by atoms with E-state index >= 15 is 0 Å². The van der Waals surface area contributed by atoms with Crippen molar-refractivity contribution in [1.82, 2.24) is 10.2 Å². The van der Waals surface area contributed by atoms with Crippen molar-refractivity contribution in [3.63, 3.8) is 0 Å². The minimum Gasteiger partial charge on any atom is -0.383 e. The first kappa shape index (κ1) is 15.3. The number of hydrogen-bond donors (Lipinski definition) is 1. The summed E-state index contributed by atoms with van der Waals surface area (Å²) in [7, 11) is 1.82. The van der Waals surface area contributed by atoms with Crippen molar-refractivity contribution in [2.45, 2.75) is 58.0 Å². The van der Waals surface area contributed by atoms with Crippen molar-refractivity contribution in [2.24, 2.45) is 11.8 Å². The number of hydrogen-bond acceptors (Lipinski definition) is 3. The average molecular weight is 268 g/mol. The Morgan fingerprint density at radius 2 is 2.05 bits per heavy atom. The van der Waals surface area contributed by atoms with E-state index in [0.29, 0.717) is 0 Å². The summed E-state index contributed by atoms with van der Waals surface area (Å²) in [6, 6.07) is 1.50. The third kappa shape index (κ3) is 4.44. The number of rotatable bonds is 9. The zero-order valence-electron chi connectivity index (χ0n) is 13.0. The first-order valence-corrected chi connectivity index (χ1v) is 8.22. The molecular formula is C16H32N2O. The lowest BCUT2D eigenvalue weighted by Gasteiger charge is -2.33. The Morgan fingerprint density at radius 1 is 1.26 bits per heavy atom. The minimum atomic E-state index is 0.748. The Morgan fingerprint density at radius 3 is 2.68 bits per heavy atom. The summed E-state index contributed by atoms with van der Waals surface area (Å²) in [5, 5.41) is 3.68. The average Bonchev–Trinajstić information content (AvgIpc) is 3.17. The predicted molar refractivity (Wildman–Crippen MR) is 80.4 cm³/mol. The van der Waals surface area contributed by atoms with Gasteiger partial charge in [-0.1, -0.05) is 13.3 Å². The molecule has 0 aliphatic heterocycles. The highest BCUT2D eigenvalue weighted by molar-refractivity contribution is 4.90. The highest BCUT2D eigenvalue weighted by Crippen LogP contribution is 2.36. The maximum Gasteiger partial charge on any atom is 0.0589 e. The van der Waals surface area contributed by atoms with Gasteiger partial charge in [-0.25, -0.2) is 0 Å². The van der Waals surface area contributed by atoms with E-state index in [1.807, 2.05) is 7.11 Å². The summed E-state index contributed by atoms with van der Waals surface area (Å²) in [6.07, 6.45) is 7.04. The SMILES string of the molecule is CCNC1CCCC1CN(CCOC)C(C)C1CC1. The number of nitrogens with zero attached hydrogens (tertiary/aromatic N) is 1. The largest absolute Gasteiger partial charge is 0.383 e. The topological polar surface area (TPSA) is 24.5 Å². The first-order valence-electron chi connectivity index (χ1n) is 8.22. The second kappa shape index (κ2) is 7.61. The third-order valence-corrected chi connectivity index (χ3v) is 5.06. The van der Waals surface area contributed by atoms with E-state index in [4.69, 9.17) is 4.74 Å². The molecule has 0 radical (unpaired) electrons. The van der Waals surface area contributed by atoms with Crippen LogP contribution in [0, 0.1) is 11.8 Å². The van der Waals surface area contributed by atoms with E-state index in [9.17, 15) is 0 Å². The predicted octanol–water partition coefficient (Wildman–Crippen LogP) is 2.51. The summed E-state index contributed by atoms with van der Waals surface area (Å²) in [4.78, 5) is 2.70. The van der Waals surface area contributed by atoms with E-state index in [1.165, 1.54) is 38.6 Å². The van der Waals surface area contributed by atoms with Crippen LogP contribution >= 0.6 is 0 Å². The van der Waals surface area contributed by atoms with Gasteiger partial charge in [-0.3, -0.25) is 4.90 Å². The Bertz CT molecular complexity index is 255. The van der Waals surface area contributed by atoms with Gasteiger partial charge in [-0.2, -0.15) is 0 Å². The maximum atomic E-state index is 5.30. The van der Waals surface area contributed by atoms with Crippen molar-refractivity contribution in [3.05, 3.63) is 0 Å². The maximum absolute atomic E-state index is 5.30. The fraction of sp³-hybridized carbons (Fsp3) is 1.00. The Labute approximate surface area is 119 Å². The second-order valence-electron chi connectivity index (χ2n) is 6.42. The molecule has 3 unspecified atom stereocenters. The van der Waals surface area contributed by atoms with E-state index < -0.39 is 0 Å². The molecule has 2 aliphatic carbocycles. The quantitative estimate of drug-likeness (QED) is 0.695. The summed E-state index contributed by atoms with van der Waals surface area (Å²) in [5.74, 6) is 1.80. The van der Waals surface area contributed by atoms with Crippen molar-refractivity contribution in [2.75, 3.05) is 33.4 Å². The molecule has 3 nitrogen and oxygen atoms in total. The molecule has 112 valence electrons. The van der Waals surface area contributed by atoms with Crippen molar-refractivity contribution < 1.29 is 4.74 Å². The van der Waals surface area contributed by atoms with Crippen LogP contribution in [0.15, 0.2) is 0 Å². The van der Waals surface area contributed by atoms with E-state index in [1.54, 1.807) is 0 Å². The third-order valence-electron chi connectivity index (χ3n) is 5.06. The Kier molecular flexibility index (Phi) is 6.11. The number of ether oxygens (including phenoxy) is 1. The van der Waals surface area contributed by atoms with Gasteiger partial charge in [0.05, 0.1) is 6.61 Å². The number of nitrogens with one attached hydrogen (secondary N) is 1. The van der Waals surface area contributed by atoms with Crippen LogP contribution in [0.25, 0.3) is 0 Å². The van der Waals surface area contributed by atoms with Crippen LogP contribution < -0.4 is 5.32 Å². The zero-order valence-corrected chi connectivity index (χ0v) is 13.0. The molecule has 3 atom stereocenters. The van der Waals surface area contributed by atoms with Crippen molar-refractivity contribution >= 4 is 0 Å². The van der Waals surface area contributed by atoms with Gasteiger partial charge in [0.15, 0.2) is 0 Å². The zero-order chi connectivity index (χ0) is 13.7. The molecule has 19 heavy (non-hydrogen) atoms. The highest BCUT2D eigenvalue weighted by Gasteiger charge is 2.35. The molecule has 2 saturated carbocycles. The molecule has 2 rings (SSSR count). The molecule has 0 bridgehead atoms. The summed E-state index contributed by atoms with van der Waals surface area (Å²) >= 11 is 0. The lowest BCUT2D eigenvalue weighted by atomic mass is 10.0. The van der Waals surface area contributed by atoms with Gasteiger partial charge in [0.25, 0.3) is 0 Å². The molecule has 1 N–H and O–H groups in total. The fourth-order valence-electron chi connectivity index (χ4n) is 3.63. The van der Waals surface area contributed by atoms with E-state index in [2.05, 4.69) is 24.1 Å². The van der Waals surface area contributed by atoms with Crippen molar-refractivity contribution in [3.8, 4) is 0 Å². The number of methoxy groups -OCH3 is 1.